The molecule has 1 unspecified atom stereocenters. The molecule has 0 spiro atoms. The molecule has 118 valence electrons. The second-order valence-electron chi connectivity index (χ2n) is 5.67. The molecule has 4 nitrogen and oxygen atoms in total. The monoisotopic (exact) mass is 293 g/mol. The van der Waals surface area contributed by atoms with Crippen LogP contribution in [0.15, 0.2) is 24.3 Å². The molecule has 0 aliphatic heterocycles. The quantitative estimate of drug-likeness (QED) is 0.591. The van der Waals surface area contributed by atoms with Crippen LogP contribution in [-0.2, 0) is 9.53 Å². The van der Waals surface area contributed by atoms with E-state index >= 15 is 0 Å². The maximum atomic E-state index is 11.6. The number of carbonyl (C=O) groups excluding carboxylic acids is 1. The van der Waals surface area contributed by atoms with Crippen molar-refractivity contribution < 1.29 is 14.3 Å². The van der Waals surface area contributed by atoms with E-state index < -0.39 is 6.04 Å². The van der Waals surface area contributed by atoms with Crippen molar-refractivity contribution in [2.24, 2.45) is 11.7 Å². The van der Waals surface area contributed by atoms with Gasteiger partial charge in [-0.3, -0.25) is 4.79 Å². The summed E-state index contributed by atoms with van der Waals surface area (Å²) in [6.07, 6.45) is 1.09. The molecule has 0 aliphatic rings. The lowest BCUT2D eigenvalue weighted by molar-refractivity contribution is -0.147. The van der Waals surface area contributed by atoms with Crippen LogP contribution >= 0.6 is 0 Å². The Kier molecular flexibility index (Phi) is 7.23. The van der Waals surface area contributed by atoms with Gasteiger partial charge in [-0.1, -0.05) is 39.8 Å². The van der Waals surface area contributed by atoms with Gasteiger partial charge in [0.05, 0.1) is 0 Å². The zero-order chi connectivity index (χ0) is 15.8. The Morgan fingerprint density at radius 3 is 2.57 bits per heavy atom. The summed E-state index contributed by atoms with van der Waals surface area (Å²) in [6, 6.07) is 7.46. The molecule has 4 heteroatoms. The summed E-state index contributed by atoms with van der Waals surface area (Å²) in [7, 11) is 0. The topological polar surface area (TPSA) is 61.5 Å². The van der Waals surface area contributed by atoms with Gasteiger partial charge in [0, 0.05) is 0 Å². The SMILES string of the molecule is CCC(C)c1cccc(OCCOC(=O)[C@@H](N)C(C)C)c1. The number of carbonyl (C=O) groups is 1. The van der Waals surface area contributed by atoms with Gasteiger partial charge < -0.3 is 15.2 Å². The van der Waals surface area contributed by atoms with Crippen LogP contribution in [0.2, 0.25) is 0 Å². The number of rotatable bonds is 8. The van der Waals surface area contributed by atoms with E-state index in [0.29, 0.717) is 12.5 Å². The fraction of sp³-hybridized carbons (Fsp3) is 0.588. The Balaban J connectivity index is 2.38. The molecule has 2 N–H and O–H groups in total. The zero-order valence-electron chi connectivity index (χ0n) is 13.5. The number of benzene rings is 1. The molecule has 1 rings (SSSR count). The van der Waals surface area contributed by atoms with Gasteiger partial charge in [-0.25, -0.2) is 0 Å². The summed E-state index contributed by atoms with van der Waals surface area (Å²) in [5.41, 5.74) is 6.96. The van der Waals surface area contributed by atoms with Gasteiger partial charge in [-0.15, -0.1) is 0 Å². The van der Waals surface area contributed by atoms with Gasteiger partial charge in [0.2, 0.25) is 0 Å². The van der Waals surface area contributed by atoms with Gasteiger partial charge in [-0.05, 0) is 36.0 Å². The molecule has 2 atom stereocenters. The highest BCUT2D eigenvalue weighted by atomic mass is 16.6. The second kappa shape index (κ2) is 8.67. The summed E-state index contributed by atoms with van der Waals surface area (Å²) in [4.78, 5) is 11.6. The van der Waals surface area contributed by atoms with Gasteiger partial charge in [0.15, 0.2) is 0 Å². The Bertz CT molecular complexity index is 445. The molecule has 1 aromatic rings. The highest BCUT2D eigenvalue weighted by Crippen LogP contribution is 2.22. The molecule has 1 aromatic carbocycles. The van der Waals surface area contributed by atoms with Crippen molar-refractivity contribution in [2.75, 3.05) is 13.2 Å². The average Bonchev–Trinajstić information content (AvgIpc) is 2.49. The minimum Gasteiger partial charge on any atom is -0.490 e. The normalized spacial score (nSPS) is 13.8. The number of hydrogen-bond donors (Lipinski definition) is 1. The van der Waals surface area contributed by atoms with Gasteiger partial charge in [0.25, 0.3) is 0 Å². The van der Waals surface area contributed by atoms with E-state index in [2.05, 4.69) is 19.9 Å². The molecule has 0 heterocycles. The Hall–Kier alpha value is -1.55. The first-order valence-electron chi connectivity index (χ1n) is 7.60. The highest BCUT2D eigenvalue weighted by molar-refractivity contribution is 5.75. The molecular formula is C17H27NO3. The molecule has 0 aromatic heterocycles. The molecule has 21 heavy (non-hydrogen) atoms. The lowest BCUT2D eigenvalue weighted by Gasteiger charge is -2.15. The fourth-order valence-electron chi connectivity index (χ4n) is 1.82. The van der Waals surface area contributed by atoms with Gasteiger partial charge >= 0.3 is 5.97 Å². The van der Waals surface area contributed by atoms with Crippen LogP contribution in [0.4, 0.5) is 0 Å². The minimum absolute atomic E-state index is 0.0747. The van der Waals surface area contributed by atoms with Crippen LogP contribution in [0.3, 0.4) is 0 Å². The van der Waals surface area contributed by atoms with Crippen molar-refractivity contribution in [2.45, 2.75) is 46.1 Å². The third-order valence-electron chi connectivity index (χ3n) is 3.63. The highest BCUT2D eigenvalue weighted by Gasteiger charge is 2.18. The van der Waals surface area contributed by atoms with Crippen LogP contribution in [0.5, 0.6) is 5.75 Å². The van der Waals surface area contributed by atoms with E-state index in [1.807, 2.05) is 32.0 Å². The van der Waals surface area contributed by atoms with Crippen LogP contribution < -0.4 is 10.5 Å². The van der Waals surface area contributed by atoms with Gasteiger partial charge in [0.1, 0.15) is 25.0 Å². The van der Waals surface area contributed by atoms with Crippen LogP contribution in [0, 0.1) is 5.92 Å². The smallest absolute Gasteiger partial charge is 0.323 e. The Morgan fingerprint density at radius 2 is 1.95 bits per heavy atom. The molecule has 0 saturated heterocycles. The molecule has 0 amide bonds. The first-order valence-corrected chi connectivity index (χ1v) is 7.60. The summed E-state index contributed by atoms with van der Waals surface area (Å²) >= 11 is 0. The Morgan fingerprint density at radius 1 is 1.24 bits per heavy atom. The standard InChI is InChI=1S/C17H27NO3/c1-5-13(4)14-7-6-8-15(11-14)20-9-10-21-17(19)16(18)12(2)3/h6-8,11-13,16H,5,9-10,18H2,1-4H3/t13?,16-/m0/s1. The zero-order valence-corrected chi connectivity index (χ0v) is 13.5. The number of ether oxygens (including phenoxy) is 2. The largest absolute Gasteiger partial charge is 0.490 e. The first-order chi connectivity index (χ1) is 9.95. The molecule has 0 fully saturated rings. The van der Waals surface area contributed by atoms with E-state index in [0.717, 1.165) is 12.2 Å². The first kappa shape index (κ1) is 17.5. The number of nitrogens with two attached hydrogens (primary N) is 1. The maximum absolute atomic E-state index is 11.6. The van der Waals surface area contributed by atoms with E-state index in [1.54, 1.807) is 0 Å². The van der Waals surface area contributed by atoms with E-state index in [1.165, 1.54) is 5.56 Å². The van der Waals surface area contributed by atoms with Crippen LogP contribution in [0.1, 0.15) is 45.6 Å². The number of esters is 1. The van der Waals surface area contributed by atoms with Crippen LogP contribution in [-0.4, -0.2) is 25.2 Å². The summed E-state index contributed by atoms with van der Waals surface area (Å²) in [6.45, 7) is 8.68. The molecule has 0 bridgehead atoms. The van der Waals surface area contributed by atoms with E-state index in [9.17, 15) is 4.79 Å². The predicted octanol–water partition coefficient (Wildman–Crippen LogP) is 3.11. The second-order valence-corrected chi connectivity index (χ2v) is 5.67. The van der Waals surface area contributed by atoms with Gasteiger partial charge in [-0.2, -0.15) is 0 Å². The molecule has 0 saturated carbocycles. The minimum atomic E-state index is -0.571. The predicted molar refractivity (Wildman–Crippen MR) is 84.4 cm³/mol. The van der Waals surface area contributed by atoms with Crippen LogP contribution in [0.25, 0.3) is 0 Å². The van der Waals surface area contributed by atoms with Crippen molar-refractivity contribution in [3.63, 3.8) is 0 Å². The van der Waals surface area contributed by atoms with Crippen molar-refractivity contribution in [3.05, 3.63) is 29.8 Å². The summed E-state index contributed by atoms with van der Waals surface area (Å²) < 4.78 is 10.7. The van der Waals surface area contributed by atoms with E-state index in [4.69, 9.17) is 15.2 Å². The third-order valence-corrected chi connectivity index (χ3v) is 3.63. The molecule has 0 radical (unpaired) electrons. The lowest BCUT2D eigenvalue weighted by Crippen LogP contribution is -2.37. The molecular weight excluding hydrogens is 266 g/mol. The summed E-state index contributed by atoms with van der Waals surface area (Å²) in [5.74, 6) is 1.01. The maximum Gasteiger partial charge on any atom is 0.323 e. The van der Waals surface area contributed by atoms with E-state index in [-0.39, 0.29) is 18.5 Å². The lowest BCUT2D eigenvalue weighted by atomic mass is 9.99. The Labute approximate surface area is 127 Å². The average molecular weight is 293 g/mol. The fourth-order valence-corrected chi connectivity index (χ4v) is 1.82. The third kappa shape index (κ3) is 5.76. The number of hydrogen-bond acceptors (Lipinski definition) is 4. The van der Waals surface area contributed by atoms with Crippen molar-refractivity contribution in [1.82, 2.24) is 0 Å². The van der Waals surface area contributed by atoms with Crippen molar-refractivity contribution in [3.8, 4) is 5.75 Å². The summed E-state index contributed by atoms with van der Waals surface area (Å²) in [5, 5.41) is 0. The van der Waals surface area contributed by atoms with Crippen molar-refractivity contribution in [1.29, 1.82) is 0 Å². The van der Waals surface area contributed by atoms with Crippen molar-refractivity contribution >= 4 is 5.97 Å². The molecule has 0 aliphatic carbocycles.